The molecule has 0 spiro atoms. The van der Waals surface area contributed by atoms with Crippen molar-refractivity contribution in [1.29, 1.82) is 0 Å². The van der Waals surface area contributed by atoms with E-state index in [9.17, 15) is 19.5 Å². The average Bonchev–Trinajstić information content (AvgIpc) is 3.10. The van der Waals surface area contributed by atoms with Gasteiger partial charge in [-0.3, -0.25) is 9.59 Å². The first-order chi connectivity index (χ1) is 12.5. The van der Waals surface area contributed by atoms with Crippen molar-refractivity contribution in [3.05, 3.63) is 70.1 Å². The molecule has 0 bridgehead atoms. The molecule has 136 valence electrons. The summed E-state index contributed by atoms with van der Waals surface area (Å²) in [6.45, 7) is 1.69. The van der Waals surface area contributed by atoms with E-state index in [0.717, 1.165) is 12.0 Å². The Morgan fingerprint density at radius 1 is 1.12 bits per heavy atom. The van der Waals surface area contributed by atoms with Crippen molar-refractivity contribution < 1.29 is 14.7 Å². The van der Waals surface area contributed by atoms with E-state index in [1.165, 1.54) is 10.6 Å². The molecule has 6 nitrogen and oxygen atoms in total. The predicted octanol–water partition coefficient (Wildman–Crippen LogP) is 2.03. The molecule has 26 heavy (non-hydrogen) atoms. The molecule has 3 rings (SSSR count). The largest absolute Gasteiger partial charge is 0.478 e. The number of rotatable bonds is 6. The van der Waals surface area contributed by atoms with Gasteiger partial charge in [-0.2, -0.15) is 0 Å². The first-order valence-electron chi connectivity index (χ1n) is 8.79. The summed E-state index contributed by atoms with van der Waals surface area (Å²) in [5.74, 6) is -0.617. The Kier molecular flexibility index (Phi) is 5.51. The van der Waals surface area contributed by atoms with Gasteiger partial charge in [-0.1, -0.05) is 24.3 Å². The van der Waals surface area contributed by atoms with Gasteiger partial charge in [-0.05, 0) is 36.5 Å². The molecular formula is C20H22N2O4. The van der Waals surface area contributed by atoms with Gasteiger partial charge < -0.3 is 14.6 Å². The number of aromatic carboxylic acids is 1. The maximum atomic E-state index is 12.4. The molecule has 6 heteroatoms. The molecule has 1 fully saturated rings. The van der Waals surface area contributed by atoms with Gasteiger partial charge >= 0.3 is 5.97 Å². The van der Waals surface area contributed by atoms with Crippen LogP contribution in [0.5, 0.6) is 0 Å². The first-order valence-corrected chi connectivity index (χ1v) is 8.79. The van der Waals surface area contributed by atoms with Gasteiger partial charge in [0.1, 0.15) is 0 Å². The van der Waals surface area contributed by atoms with Crippen LogP contribution in [0.2, 0.25) is 0 Å². The highest BCUT2D eigenvalue weighted by molar-refractivity contribution is 5.89. The minimum atomic E-state index is -0.917. The lowest BCUT2D eigenvalue weighted by Crippen LogP contribution is -2.31. The molecular weight excluding hydrogens is 332 g/mol. The summed E-state index contributed by atoms with van der Waals surface area (Å²) in [5, 5.41) is 9.29. The molecule has 0 aliphatic carbocycles. The summed E-state index contributed by atoms with van der Waals surface area (Å²) < 4.78 is 1.54. The van der Waals surface area contributed by atoms with Gasteiger partial charge in [0.05, 0.1) is 5.56 Å². The highest BCUT2D eigenvalue weighted by Gasteiger charge is 2.27. The zero-order chi connectivity index (χ0) is 18.5. The van der Waals surface area contributed by atoms with Crippen molar-refractivity contribution in [3.63, 3.8) is 0 Å². The van der Waals surface area contributed by atoms with Crippen LogP contribution in [-0.4, -0.2) is 39.5 Å². The number of carboxylic acids is 1. The maximum absolute atomic E-state index is 12.4. The number of hydrogen-bond donors (Lipinski definition) is 1. The van der Waals surface area contributed by atoms with Crippen LogP contribution in [0.25, 0.3) is 0 Å². The molecule has 1 aromatic heterocycles. The van der Waals surface area contributed by atoms with Gasteiger partial charge in [0.2, 0.25) is 5.91 Å². The van der Waals surface area contributed by atoms with Gasteiger partial charge in [-0.25, -0.2) is 4.79 Å². The Morgan fingerprint density at radius 3 is 2.65 bits per heavy atom. The number of amides is 1. The molecule has 2 aromatic rings. The summed E-state index contributed by atoms with van der Waals surface area (Å²) >= 11 is 0. The fraction of sp³-hybridized carbons (Fsp3) is 0.350. The molecule has 1 aliphatic rings. The lowest BCUT2D eigenvalue weighted by atomic mass is 9.95. The molecule has 1 unspecified atom stereocenters. The van der Waals surface area contributed by atoms with Crippen LogP contribution in [0.15, 0.2) is 53.5 Å². The average molecular weight is 354 g/mol. The number of carbonyl (C=O) groups is 2. The van der Waals surface area contributed by atoms with Gasteiger partial charge in [-0.15, -0.1) is 0 Å². The molecule has 1 aliphatic heterocycles. The maximum Gasteiger partial charge on any atom is 0.335 e. The van der Waals surface area contributed by atoms with E-state index in [1.54, 1.807) is 30.5 Å². The third kappa shape index (κ3) is 4.20. The second-order valence-corrected chi connectivity index (χ2v) is 6.64. The zero-order valence-electron chi connectivity index (χ0n) is 14.5. The molecule has 0 saturated carbocycles. The quantitative estimate of drug-likeness (QED) is 0.861. The Labute approximate surface area is 151 Å². The van der Waals surface area contributed by atoms with E-state index in [0.29, 0.717) is 38.0 Å². The summed E-state index contributed by atoms with van der Waals surface area (Å²) in [6.07, 6.45) is 3.50. The highest BCUT2D eigenvalue weighted by atomic mass is 16.4. The Hall–Kier alpha value is -2.89. The number of carboxylic acid groups (broad SMARTS) is 1. The van der Waals surface area contributed by atoms with Crippen molar-refractivity contribution in [1.82, 2.24) is 9.47 Å². The Bertz CT molecular complexity index is 859. The van der Waals surface area contributed by atoms with Crippen LogP contribution in [-0.2, 0) is 17.8 Å². The number of aromatic nitrogens is 1. The molecule has 0 radical (unpaired) electrons. The fourth-order valence-electron chi connectivity index (χ4n) is 3.46. The minimum Gasteiger partial charge on any atom is -0.478 e. The molecule has 1 amide bonds. The second kappa shape index (κ2) is 7.99. The van der Waals surface area contributed by atoms with E-state index in [2.05, 4.69) is 0 Å². The van der Waals surface area contributed by atoms with Gasteiger partial charge in [0.15, 0.2) is 0 Å². The monoisotopic (exact) mass is 354 g/mol. The van der Waals surface area contributed by atoms with Gasteiger partial charge in [0.25, 0.3) is 5.56 Å². The summed E-state index contributed by atoms with van der Waals surface area (Å²) in [6, 6.07) is 12.0. The molecule has 2 heterocycles. The van der Waals surface area contributed by atoms with Crippen molar-refractivity contribution in [2.24, 2.45) is 5.92 Å². The first kappa shape index (κ1) is 17.9. The smallest absolute Gasteiger partial charge is 0.335 e. The topological polar surface area (TPSA) is 79.6 Å². The van der Waals surface area contributed by atoms with Crippen molar-refractivity contribution in [2.45, 2.75) is 25.8 Å². The number of hydrogen-bond acceptors (Lipinski definition) is 3. The van der Waals surface area contributed by atoms with Crippen LogP contribution in [0, 0.1) is 5.92 Å². The standard InChI is InChI=1S/C20H22N2O4/c23-18-7-3-4-10-21(18)12-9-19(24)22-11-8-15(14-22)13-16-5-1-2-6-17(16)20(25)26/h1-7,10,15H,8-9,11-14H2,(H,25,26). The van der Waals surface area contributed by atoms with E-state index in [4.69, 9.17) is 0 Å². The molecule has 1 saturated heterocycles. The van der Waals surface area contributed by atoms with E-state index >= 15 is 0 Å². The van der Waals surface area contributed by atoms with E-state index < -0.39 is 5.97 Å². The third-order valence-electron chi connectivity index (χ3n) is 4.86. The van der Waals surface area contributed by atoms with E-state index in [-0.39, 0.29) is 17.4 Å². The number of pyridine rings is 1. The van der Waals surface area contributed by atoms with Crippen molar-refractivity contribution in [3.8, 4) is 0 Å². The number of nitrogens with zero attached hydrogens (tertiary/aromatic N) is 2. The summed E-state index contributed by atoms with van der Waals surface area (Å²) in [5.41, 5.74) is 1.04. The predicted molar refractivity (Wildman–Crippen MR) is 97.1 cm³/mol. The number of likely N-dealkylation sites (tertiary alicyclic amines) is 1. The lowest BCUT2D eigenvalue weighted by Gasteiger charge is -2.17. The van der Waals surface area contributed by atoms with Crippen molar-refractivity contribution in [2.75, 3.05) is 13.1 Å². The number of carbonyl (C=O) groups excluding carboxylic acids is 1. The third-order valence-corrected chi connectivity index (χ3v) is 4.86. The molecule has 1 N–H and O–H groups in total. The Morgan fingerprint density at radius 2 is 1.88 bits per heavy atom. The number of aryl methyl sites for hydroxylation is 1. The van der Waals surface area contributed by atoms with Crippen LogP contribution >= 0.6 is 0 Å². The van der Waals surface area contributed by atoms with E-state index in [1.807, 2.05) is 17.0 Å². The van der Waals surface area contributed by atoms with Crippen molar-refractivity contribution >= 4 is 11.9 Å². The number of benzene rings is 1. The molecule has 1 atom stereocenters. The minimum absolute atomic E-state index is 0.0368. The molecule has 1 aromatic carbocycles. The Balaban J connectivity index is 1.55. The normalized spacial score (nSPS) is 16.6. The zero-order valence-corrected chi connectivity index (χ0v) is 14.5. The highest BCUT2D eigenvalue weighted by Crippen LogP contribution is 2.23. The van der Waals surface area contributed by atoms with Gasteiger partial charge in [0, 0.05) is 38.3 Å². The lowest BCUT2D eigenvalue weighted by molar-refractivity contribution is -0.130. The summed E-state index contributed by atoms with van der Waals surface area (Å²) in [7, 11) is 0. The van der Waals surface area contributed by atoms with Crippen LogP contribution < -0.4 is 5.56 Å². The summed E-state index contributed by atoms with van der Waals surface area (Å²) in [4.78, 5) is 37.2. The second-order valence-electron chi connectivity index (χ2n) is 6.64. The fourth-order valence-corrected chi connectivity index (χ4v) is 3.46. The SMILES string of the molecule is O=C(O)c1ccccc1CC1CCN(C(=O)CCn2ccccc2=O)C1. The van der Waals surface area contributed by atoms with Crippen LogP contribution in [0.3, 0.4) is 0 Å². The van der Waals surface area contributed by atoms with Crippen LogP contribution in [0.4, 0.5) is 0 Å². The van der Waals surface area contributed by atoms with Crippen LogP contribution in [0.1, 0.15) is 28.8 Å².